The standard InChI is InChI=1S/C16H6Cl4N2O3S2/c17-8-1-2-12(10(19)5-8)21-15(23)14(27-16(21)26)4-7-3-13(22(24)25)11(20)6-9(7)18/h1-6H/b14-4+. The molecule has 1 aliphatic rings. The molecule has 0 bridgehead atoms. The highest BCUT2D eigenvalue weighted by Gasteiger charge is 2.34. The van der Waals surface area contributed by atoms with E-state index < -0.39 is 10.8 Å². The van der Waals surface area contributed by atoms with Crippen molar-refractivity contribution >= 4 is 98.1 Å². The molecule has 27 heavy (non-hydrogen) atoms. The zero-order valence-electron chi connectivity index (χ0n) is 12.9. The molecule has 0 N–H and O–H groups in total. The summed E-state index contributed by atoms with van der Waals surface area (Å²) in [5, 5.41) is 11.8. The van der Waals surface area contributed by atoms with Crippen LogP contribution in [0.5, 0.6) is 0 Å². The van der Waals surface area contributed by atoms with E-state index in [0.29, 0.717) is 10.7 Å². The Hall–Kier alpha value is -1.35. The highest BCUT2D eigenvalue weighted by molar-refractivity contribution is 8.27. The lowest BCUT2D eigenvalue weighted by atomic mass is 10.1. The predicted molar refractivity (Wildman–Crippen MR) is 115 cm³/mol. The first-order chi connectivity index (χ1) is 12.7. The number of nitro benzene ring substituents is 1. The largest absolute Gasteiger partial charge is 0.288 e. The Labute approximate surface area is 183 Å². The van der Waals surface area contributed by atoms with Crippen LogP contribution in [0.3, 0.4) is 0 Å². The Balaban J connectivity index is 2.02. The van der Waals surface area contributed by atoms with Gasteiger partial charge >= 0.3 is 0 Å². The van der Waals surface area contributed by atoms with Crippen molar-refractivity contribution in [1.29, 1.82) is 0 Å². The fraction of sp³-hybridized carbons (Fsp3) is 0. The van der Waals surface area contributed by atoms with Gasteiger partial charge in [0.2, 0.25) is 0 Å². The summed E-state index contributed by atoms with van der Waals surface area (Å²) in [4.78, 5) is 24.8. The van der Waals surface area contributed by atoms with Gasteiger partial charge in [0, 0.05) is 21.7 Å². The van der Waals surface area contributed by atoms with Gasteiger partial charge in [0.15, 0.2) is 4.32 Å². The molecule has 0 spiro atoms. The molecule has 0 aromatic heterocycles. The van der Waals surface area contributed by atoms with Crippen molar-refractivity contribution in [2.45, 2.75) is 0 Å². The topological polar surface area (TPSA) is 63.4 Å². The van der Waals surface area contributed by atoms with Crippen LogP contribution in [0.15, 0.2) is 35.2 Å². The third-order valence-electron chi connectivity index (χ3n) is 3.49. The van der Waals surface area contributed by atoms with Crippen LogP contribution in [0.25, 0.3) is 6.08 Å². The fourth-order valence-corrected chi connectivity index (χ4v) is 4.56. The van der Waals surface area contributed by atoms with E-state index in [1.54, 1.807) is 12.1 Å². The number of thioether (sulfide) groups is 1. The number of amides is 1. The highest BCUT2D eigenvalue weighted by atomic mass is 35.5. The van der Waals surface area contributed by atoms with E-state index >= 15 is 0 Å². The summed E-state index contributed by atoms with van der Waals surface area (Å²) >= 11 is 30.3. The Bertz CT molecular complexity index is 1040. The van der Waals surface area contributed by atoms with E-state index in [2.05, 4.69) is 0 Å². The minimum atomic E-state index is -0.630. The van der Waals surface area contributed by atoms with E-state index in [4.69, 9.17) is 58.6 Å². The molecule has 0 aliphatic carbocycles. The van der Waals surface area contributed by atoms with Crippen LogP contribution in [0.4, 0.5) is 11.4 Å². The van der Waals surface area contributed by atoms with Crippen LogP contribution in [-0.4, -0.2) is 15.2 Å². The van der Waals surface area contributed by atoms with Gasteiger partial charge in [-0.15, -0.1) is 0 Å². The van der Waals surface area contributed by atoms with E-state index in [0.717, 1.165) is 11.8 Å². The molecule has 0 unspecified atom stereocenters. The van der Waals surface area contributed by atoms with Crippen molar-refractivity contribution in [3.05, 3.63) is 71.0 Å². The lowest BCUT2D eigenvalue weighted by Gasteiger charge is -2.16. The first kappa shape index (κ1) is 20.4. The molecule has 0 radical (unpaired) electrons. The number of benzene rings is 2. The first-order valence-corrected chi connectivity index (χ1v) is 9.79. The average molecular weight is 480 g/mol. The van der Waals surface area contributed by atoms with E-state index in [1.807, 2.05) is 0 Å². The minimum Gasteiger partial charge on any atom is -0.268 e. The molecule has 3 rings (SSSR count). The summed E-state index contributed by atoms with van der Waals surface area (Å²) in [6, 6.07) is 7.12. The highest BCUT2D eigenvalue weighted by Crippen LogP contribution is 2.41. The van der Waals surface area contributed by atoms with Gasteiger partial charge in [-0.1, -0.05) is 70.4 Å². The molecule has 1 aliphatic heterocycles. The van der Waals surface area contributed by atoms with Crippen molar-refractivity contribution in [1.82, 2.24) is 0 Å². The minimum absolute atomic E-state index is 0.0948. The van der Waals surface area contributed by atoms with Gasteiger partial charge in [0.05, 0.1) is 20.5 Å². The molecule has 1 saturated heterocycles. The Kier molecular flexibility index (Phi) is 6.00. The average Bonchev–Trinajstić information content (AvgIpc) is 2.84. The molecule has 5 nitrogen and oxygen atoms in total. The maximum absolute atomic E-state index is 12.8. The zero-order chi connectivity index (χ0) is 19.9. The summed E-state index contributed by atoms with van der Waals surface area (Å²) in [6.45, 7) is 0. The SMILES string of the molecule is O=C1/C(=C\c2cc([N+](=O)[O-])c(Cl)cc2Cl)SC(=S)N1c1ccc(Cl)cc1Cl. The lowest BCUT2D eigenvalue weighted by molar-refractivity contribution is -0.384. The molecule has 11 heteroatoms. The van der Waals surface area contributed by atoms with Crippen LogP contribution in [0.1, 0.15) is 5.56 Å². The molecule has 1 amide bonds. The maximum Gasteiger partial charge on any atom is 0.288 e. The molecular formula is C16H6Cl4N2O3S2. The maximum atomic E-state index is 12.8. The smallest absolute Gasteiger partial charge is 0.268 e. The molecule has 0 atom stereocenters. The summed E-state index contributed by atoms with van der Waals surface area (Å²) in [5.74, 6) is -0.428. The number of rotatable bonds is 3. The zero-order valence-corrected chi connectivity index (χ0v) is 17.6. The number of halogens is 4. The number of carbonyl (C=O) groups excluding carboxylic acids is 1. The molecular weight excluding hydrogens is 474 g/mol. The van der Waals surface area contributed by atoms with Gasteiger partial charge in [0.1, 0.15) is 5.02 Å². The van der Waals surface area contributed by atoms with Crippen molar-refractivity contribution in [3.63, 3.8) is 0 Å². The van der Waals surface area contributed by atoms with Crippen molar-refractivity contribution < 1.29 is 9.72 Å². The van der Waals surface area contributed by atoms with Gasteiger partial charge in [-0.05, 0) is 30.3 Å². The Morgan fingerprint density at radius 3 is 2.41 bits per heavy atom. The van der Waals surface area contributed by atoms with E-state index in [9.17, 15) is 14.9 Å². The number of nitrogens with zero attached hydrogens (tertiary/aromatic N) is 2. The molecule has 0 saturated carbocycles. The van der Waals surface area contributed by atoms with E-state index in [-0.39, 0.29) is 35.5 Å². The third kappa shape index (κ3) is 4.08. The van der Waals surface area contributed by atoms with Gasteiger partial charge in [-0.2, -0.15) is 0 Å². The fourth-order valence-electron chi connectivity index (χ4n) is 2.28. The number of nitro groups is 1. The van der Waals surface area contributed by atoms with E-state index in [1.165, 1.54) is 29.2 Å². The number of anilines is 1. The van der Waals surface area contributed by atoms with Crippen LogP contribution < -0.4 is 4.90 Å². The molecule has 138 valence electrons. The lowest BCUT2D eigenvalue weighted by Crippen LogP contribution is -2.27. The van der Waals surface area contributed by atoms with Crippen LogP contribution in [-0.2, 0) is 4.79 Å². The van der Waals surface area contributed by atoms with Crippen LogP contribution in [0.2, 0.25) is 20.1 Å². The second-order valence-electron chi connectivity index (χ2n) is 5.20. The molecule has 1 fully saturated rings. The predicted octanol–water partition coefficient (Wildman–Crippen LogP) is 6.61. The summed E-state index contributed by atoms with van der Waals surface area (Å²) < 4.78 is 0.259. The van der Waals surface area contributed by atoms with Gasteiger partial charge in [0.25, 0.3) is 11.6 Å². The second-order valence-corrected chi connectivity index (χ2v) is 8.53. The summed E-state index contributed by atoms with van der Waals surface area (Å²) in [7, 11) is 0. The summed E-state index contributed by atoms with van der Waals surface area (Å²) in [6.07, 6.45) is 1.43. The van der Waals surface area contributed by atoms with Crippen LogP contribution >= 0.6 is 70.4 Å². The summed E-state index contributed by atoms with van der Waals surface area (Å²) in [5.41, 5.74) is 0.346. The number of hydrogen-bond acceptors (Lipinski definition) is 5. The monoisotopic (exact) mass is 478 g/mol. The van der Waals surface area contributed by atoms with Crippen molar-refractivity contribution in [2.75, 3.05) is 4.90 Å². The molecule has 2 aromatic rings. The number of thiocarbonyl (C=S) groups is 1. The second kappa shape index (κ2) is 7.95. The molecule has 2 aromatic carbocycles. The Morgan fingerprint density at radius 2 is 1.78 bits per heavy atom. The van der Waals surface area contributed by atoms with Gasteiger partial charge < -0.3 is 0 Å². The van der Waals surface area contributed by atoms with Crippen molar-refractivity contribution in [2.24, 2.45) is 0 Å². The first-order valence-electron chi connectivity index (χ1n) is 7.05. The van der Waals surface area contributed by atoms with Gasteiger partial charge in [-0.3, -0.25) is 19.8 Å². The normalized spacial score (nSPS) is 15.7. The number of carbonyl (C=O) groups is 1. The molecule has 1 heterocycles. The Morgan fingerprint density at radius 1 is 1.07 bits per heavy atom. The van der Waals surface area contributed by atoms with Crippen LogP contribution in [0, 0.1) is 10.1 Å². The third-order valence-corrected chi connectivity index (χ3v) is 5.96. The van der Waals surface area contributed by atoms with Gasteiger partial charge in [-0.25, -0.2) is 0 Å². The number of hydrogen-bond donors (Lipinski definition) is 0. The van der Waals surface area contributed by atoms with Crippen molar-refractivity contribution in [3.8, 4) is 0 Å². The quantitative estimate of drug-likeness (QED) is 0.214.